The van der Waals surface area contributed by atoms with Crippen LogP contribution in [-0.2, 0) is 14.3 Å². The summed E-state index contributed by atoms with van der Waals surface area (Å²) in [4.78, 5) is 38.4. The topological polar surface area (TPSA) is 75.6 Å². The van der Waals surface area contributed by atoms with Crippen molar-refractivity contribution >= 4 is 17.8 Å². The lowest BCUT2D eigenvalue weighted by Gasteiger charge is -2.38. The molecule has 1 saturated carbocycles. The molecule has 1 aromatic rings. The summed E-state index contributed by atoms with van der Waals surface area (Å²) >= 11 is 0. The Balaban J connectivity index is 1.60. The van der Waals surface area contributed by atoms with Crippen molar-refractivity contribution in [2.24, 2.45) is 11.3 Å². The van der Waals surface area contributed by atoms with Crippen LogP contribution in [0.1, 0.15) is 44.6 Å². The number of aromatic nitrogens is 2. The van der Waals surface area contributed by atoms with E-state index in [9.17, 15) is 14.0 Å². The zero-order chi connectivity index (χ0) is 20.6. The van der Waals surface area contributed by atoms with Crippen molar-refractivity contribution in [2.75, 3.05) is 37.7 Å². The lowest BCUT2D eigenvalue weighted by Crippen LogP contribution is -2.52. The van der Waals surface area contributed by atoms with Crippen molar-refractivity contribution < 1.29 is 18.7 Å². The Bertz CT molecular complexity index is 783. The van der Waals surface area contributed by atoms with Gasteiger partial charge in [-0.15, -0.1) is 0 Å². The number of amides is 1. The number of anilines is 1. The summed E-state index contributed by atoms with van der Waals surface area (Å²) in [7, 11) is 0. The fourth-order valence-electron chi connectivity index (χ4n) is 4.91. The van der Waals surface area contributed by atoms with E-state index in [4.69, 9.17) is 4.74 Å². The van der Waals surface area contributed by atoms with Gasteiger partial charge in [0.25, 0.3) is 5.91 Å². The maximum Gasteiger partial charge on any atom is 0.314 e. The van der Waals surface area contributed by atoms with Crippen LogP contribution in [0.5, 0.6) is 0 Å². The van der Waals surface area contributed by atoms with Gasteiger partial charge in [0.1, 0.15) is 0 Å². The van der Waals surface area contributed by atoms with Gasteiger partial charge >= 0.3 is 5.97 Å². The van der Waals surface area contributed by atoms with Crippen molar-refractivity contribution in [3.05, 3.63) is 18.0 Å². The summed E-state index contributed by atoms with van der Waals surface area (Å²) in [6, 6.07) is 0. The van der Waals surface area contributed by atoms with Gasteiger partial charge in [-0.25, -0.2) is 14.4 Å². The number of esters is 1. The number of likely N-dealkylation sites (tertiary alicyclic amines) is 1. The van der Waals surface area contributed by atoms with Gasteiger partial charge in [0, 0.05) is 44.5 Å². The minimum atomic E-state index is -1.71. The first-order chi connectivity index (χ1) is 13.9. The minimum absolute atomic E-state index is 0.137. The number of rotatable bonds is 4. The van der Waals surface area contributed by atoms with Crippen LogP contribution in [0.15, 0.2) is 12.4 Å². The first-order valence-electron chi connectivity index (χ1n) is 10.6. The van der Waals surface area contributed by atoms with E-state index < -0.39 is 17.0 Å². The Kier molecular flexibility index (Phi) is 5.21. The number of halogens is 1. The first-order valence-corrected chi connectivity index (χ1v) is 10.6. The van der Waals surface area contributed by atoms with E-state index in [-0.39, 0.29) is 11.9 Å². The molecular weight excluding hydrogens is 375 g/mol. The van der Waals surface area contributed by atoms with Crippen LogP contribution in [0.2, 0.25) is 0 Å². The highest BCUT2D eigenvalue weighted by Gasteiger charge is 2.56. The van der Waals surface area contributed by atoms with Gasteiger partial charge < -0.3 is 14.5 Å². The highest BCUT2D eigenvalue weighted by Crippen LogP contribution is 2.46. The molecule has 0 N–H and O–H groups in total. The number of hydrogen-bond donors (Lipinski definition) is 0. The Hall–Kier alpha value is -2.25. The third-order valence-corrected chi connectivity index (χ3v) is 6.74. The molecule has 4 rings (SSSR count). The fraction of sp³-hybridized carbons (Fsp3) is 0.714. The molecule has 2 saturated heterocycles. The lowest BCUT2D eigenvalue weighted by atomic mass is 9.75. The average Bonchev–Trinajstić information content (AvgIpc) is 2.95. The van der Waals surface area contributed by atoms with Gasteiger partial charge in [0.15, 0.2) is 5.67 Å². The van der Waals surface area contributed by atoms with E-state index in [1.54, 1.807) is 24.2 Å². The van der Waals surface area contributed by atoms with Gasteiger partial charge in [-0.1, -0.05) is 0 Å². The molecule has 0 aromatic carbocycles. The second kappa shape index (κ2) is 7.54. The number of carbonyl (C=O) groups is 2. The highest BCUT2D eigenvalue weighted by atomic mass is 19.1. The fourth-order valence-corrected chi connectivity index (χ4v) is 4.91. The molecule has 0 bridgehead atoms. The lowest BCUT2D eigenvalue weighted by molar-refractivity contribution is -0.158. The number of alkyl halides is 1. The molecule has 1 aromatic heterocycles. The Morgan fingerprint density at radius 1 is 1.21 bits per heavy atom. The second-order valence-corrected chi connectivity index (χ2v) is 8.69. The van der Waals surface area contributed by atoms with Gasteiger partial charge in [-0.3, -0.25) is 9.59 Å². The maximum absolute atomic E-state index is 14.8. The van der Waals surface area contributed by atoms with Crippen LogP contribution in [0.4, 0.5) is 10.3 Å². The summed E-state index contributed by atoms with van der Waals surface area (Å²) in [6.07, 6.45) is 6.14. The minimum Gasteiger partial charge on any atom is -0.466 e. The zero-order valence-corrected chi connectivity index (χ0v) is 17.2. The van der Waals surface area contributed by atoms with Crippen molar-refractivity contribution in [1.82, 2.24) is 14.9 Å². The standard InChI is InChI=1S/C21H29FN4O3/c1-3-29-18(28)20-6-5-9-25(17(27)21(22)7-4-8-21)12-16(20)13-26(14-20)19-23-10-15(2)11-24-19/h10-11,16H,3-9,12-14H2,1-2H3/t16-,20+/m0/s1. The summed E-state index contributed by atoms with van der Waals surface area (Å²) in [5.74, 6) is -0.200. The van der Waals surface area contributed by atoms with Crippen molar-refractivity contribution in [3.8, 4) is 0 Å². The molecule has 3 heterocycles. The van der Waals surface area contributed by atoms with Crippen molar-refractivity contribution in [2.45, 2.75) is 51.6 Å². The number of hydrogen-bond acceptors (Lipinski definition) is 6. The van der Waals surface area contributed by atoms with E-state index in [0.717, 1.165) is 12.0 Å². The van der Waals surface area contributed by atoms with Gasteiger partial charge in [-0.05, 0) is 51.5 Å². The first kappa shape index (κ1) is 20.0. The maximum atomic E-state index is 14.8. The molecule has 0 radical (unpaired) electrons. The normalized spacial score (nSPS) is 28.3. The van der Waals surface area contributed by atoms with Gasteiger partial charge in [0.2, 0.25) is 5.95 Å². The van der Waals surface area contributed by atoms with Crippen LogP contribution in [0, 0.1) is 18.3 Å². The molecule has 29 heavy (non-hydrogen) atoms. The quantitative estimate of drug-likeness (QED) is 0.717. The van der Waals surface area contributed by atoms with E-state index >= 15 is 0 Å². The van der Waals surface area contributed by atoms with Crippen LogP contribution in [-0.4, -0.2) is 65.2 Å². The molecule has 7 nitrogen and oxygen atoms in total. The highest BCUT2D eigenvalue weighted by molar-refractivity contribution is 5.86. The second-order valence-electron chi connectivity index (χ2n) is 8.69. The molecule has 8 heteroatoms. The largest absolute Gasteiger partial charge is 0.466 e. The average molecular weight is 404 g/mol. The van der Waals surface area contributed by atoms with Crippen LogP contribution < -0.4 is 4.90 Å². The molecule has 158 valence electrons. The number of aryl methyl sites for hydroxylation is 1. The predicted octanol–water partition coefficient (Wildman–Crippen LogP) is 2.29. The van der Waals surface area contributed by atoms with Crippen LogP contribution >= 0.6 is 0 Å². The molecule has 1 aliphatic carbocycles. The third kappa shape index (κ3) is 3.46. The monoisotopic (exact) mass is 404 g/mol. The molecule has 0 spiro atoms. The Labute approximate surface area is 170 Å². The number of nitrogens with zero attached hydrogens (tertiary/aromatic N) is 4. The Morgan fingerprint density at radius 3 is 2.55 bits per heavy atom. The number of carbonyl (C=O) groups excluding carboxylic acids is 2. The predicted molar refractivity (Wildman–Crippen MR) is 105 cm³/mol. The molecule has 0 unspecified atom stereocenters. The smallest absolute Gasteiger partial charge is 0.314 e. The van der Waals surface area contributed by atoms with Crippen LogP contribution in [0.25, 0.3) is 0 Å². The van der Waals surface area contributed by atoms with Crippen LogP contribution in [0.3, 0.4) is 0 Å². The van der Waals surface area contributed by atoms with E-state index in [2.05, 4.69) is 9.97 Å². The molecule has 3 fully saturated rings. The molecule has 1 amide bonds. The SMILES string of the molecule is CCOC(=O)[C@@]12CCCN(C(=O)C3(F)CCC3)C[C@H]1CN(c1ncc(C)cn1)C2. The van der Waals surface area contributed by atoms with Crippen molar-refractivity contribution in [1.29, 1.82) is 0 Å². The van der Waals surface area contributed by atoms with Gasteiger partial charge in [-0.2, -0.15) is 0 Å². The summed E-state index contributed by atoms with van der Waals surface area (Å²) in [5.41, 5.74) is -1.47. The summed E-state index contributed by atoms with van der Waals surface area (Å²) < 4.78 is 20.3. The molecular formula is C21H29FN4O3. The third-order valence-electron chi connectivity index (χ3n) is 6.74. The molecule has 3 aliphatic rings. The molecule has 2 aliphatic heterocycles. The van der Waals surface area contributed by atoms with E-state index in [1.807, 2.05) is 11.8 Å². The van der Waals surface area contributed by atoms with E-state index in [1.165, 1.54) is 0 Å². The zero-order valence-electron chi connectivity index (χ0n) is 17.2. The summed E-state index contributed by atoms with van der Waals surface area (Å²) in [5, 5.41) is 0. The Morgan fingerprint density at radius 2 is 1.93 bits per heavy atom. The molecule has 2 atom stereocenters. The van der Waals surface area contributed by atoms with Crippen molar-refractivity contribution in [3.63, 3.8) is 0 Å². The van der Waals surface area contributed by atoms with E-state index in [0.29, 0.717) is 64.4 Å². The number of ether oxygens (including phenoxy) is 1. The van der Waals surface area contributed by atoms with Gasteiger partial charge in [0.05, 0.1) is 12.0 Å². The summed E-state index contributed by atoms with van der Waals surface area (Å²) in [6.45, 7) is 5.90. The number of fused-ring (bicyclic) bond motifs is 1.